The monoisotopic (exact) mass is 319 g/mol. The summed E-state index contributed by atoms with van der Waals surface area (Å²) in [5.41, 5.74) is 6.53. The molecule has 0 unspecified atom stereocenters. The standard InChI is InChI=1S/C16H21N3O4/c17-16(23)19-13-7-1-10(2-8-13)9-18-14(20)11-3-5-12(6-4-11)15(21)22/h1-2,7-8,11-12H,3-6,9H2,(H,18,20)(H,21,22)(H3,17,19,23). The number of anilines is 1. The first kappa shape index (κ1) is 16.8. The largest absolute Gasteiger partial charge is 0.481 e. The van der Waals surface area contributed by atoms with Crippen LogP contribution in [0.4, 0.5) is 10.5 Å². The van der Waals surface area contributed by atoms with Crippen LogP contribution in [-0.4, -0.2) is 23.0 Å². The summed E-state index contributed by atoms with van der Waals surface area (Å²) in [4.78, 5) is 33.8. The summed E-state index contributed by atoms with van der Waals surface area (Å²) < 4.78 is 0. The van der Waals surface area contributed by atoms with Gasteiger partial charge in [0.05, 0.1) is 5.92 Å². The van der Waals surface area contributed by atoms with Crippen molar-refractivity contribution in [1.82, 2.24) is 5.32 Å². The van der Waals surface area contributed by atoms with E-state index in [0.717, 1.165) is 5.56 Å². The van der Waals surface area contributed by atoms with Gasteiger partial charge < -0.3 is 21.5 Å². The van der Waals surface area contributed by atoms with Gasteiger partial charge in [-0.3, -0.25) is 9.59 Å². The molecule has 1 fully saturated rings. The molecule has 0 bridgehead atoms. The SMILES string of the molecule is NC(=O)Nc1ccc(CNC(=O)C2CCC(C(=O)O)CC2)cc1. The quantitative estimate of drug-likeness (QED) is 0.659. The Morgan fingerprint density at radius 1 is 1.04 bits per heavy atom. The van der Waals surface area contributed by atoms with Crippen LogP contribution in [0.1, 0.15) is 31.2 Å². The lowest BCUT2D eigenvalue weighted by molar-refractivity contribution is -0.144. The number of carbonyl (C=O) groups excluding carboxylic acids is 2. The summed E-state index contributed by atoms with van der Waals surface area (Å²) in [7, 11) is 0. The van der Waals surface area contributed by atoms with Crippen molar-refractivity contribution in [2.75, 3.05) is 5.32 Å². The van der Waals surface area contributed by atoms with Crippen molar-refractivity contribution in [3.05, 3.63) is 29.8 Å². The van der Waals surface area contributed by atoms with Crippen molar-refractivity contribution >= 4 is 23.6 Å². The molecule has 1 aromatic rings. The normalized spacial score (nSPS) is 20.5. The van der Waals surface area contributed by atoms with E-state index in [0.29, 0.717) is 37.9 Å². The highest BCUT2D eigenvalue weighted by Crippen LogP contribution is 2.29. The summed E-state index contributed by atoms with van der Waals surface area (Å²) >= 11 is 0. The van der Waals surface area contributed by atoms with Gasteiger partial charge in [-0.2, -0.15) is 0 Å². The first-order chi connectivity index (χ1) is 11.0. The maximum absolute atomic E-state index is 12.1. The molecule has 3 amide bonds. The maximum atomic E-state index is 12.1. The van der Waals surface area contributed by atoms with Gasteiger partial charge in [-0.05, 0) is 43.4 Å². The van der Waals surface area contributed by atoms with E-state index in [2.05, 4.69) is 10.6 Å². The Morgan fingerprint density at radius 2 is 1.61 bits per heavy atom. The van der Waals surface area contributed by atoms with E-state index < -0.39 is 12.0 Å². The fraction of sp³-hybridized carbons (Fsp3) is 0.438. The van der Waals surface area contributed by atoms with Crippen LogP contribution in [0.3, 0.4) is 0 Å². The zero-order valence-corrected chi connectivity index (χ0v) is 12.7. The molecule has 0 radical (unpaired) electrons. The number of nitrogens with one attached hydrogen (secondary N) is 2. The van der Waals surface area contributed by atoms with E-state index in [1.165, 1.54) is 0 Å². The summed E-state index contributed by atoms with van der Waals surface area (Å²) in [5.74, 6) is -1.23. The van der Waals surface area contributed by atoms with Crippen LogP contribution >= 0.6 is 0 Å². The molecule has 7 nitrogen and oxygen atoms in total. The molecule has 0 spiro atoms. The number of rotatable bonds is 5. The van der Waals surface area contributed by atoms with Crippen LogP contribution in [0.5, 0.6) is 0 Å². The molecule has 1 aliphatic rings. The molecular weight excluding hydrogens is 298 g/mol. The molecule has 0 saturated heterocycles. The smallest absolute Gasteiger partial charge is 0.316 e. The number of carbonyl (C=O) groups is 3. The molecule has 7 heteroatoms. The number of hydrogen-bond donors (Lipinski definition) is 4. The Balaban J connectivity index is 1.78. The van der Waals surface area contributed by atoms with E-state index in [-0.39, 0.29) is 17.7 Å². The number of benzene rings is 1. The van der Waals surface area contributed by atoms with Gasteiger partial charge >= 0.3 is 12.0 Å². The van der Waals surface area contributed by atoms with Crippen molar-refractivity contribution in [2.45, 2.75) is 32.2 Å². The first-order valence-corrected chi connectivity index (χ1v) is 7.61. The topological polar surface area (TPSA) is 122 Å². The van der Waals surface area contributed by atoms with Gasteiger partial charge in [0, 0.05) is 18.2 Å². The summed E-state index contributed by atoms with van der Waals surface area (Å²) in [5, 5.41) is 14.3. The van der Waals surface area contributed by atoms with Gasteiger partial charge in [-0.15, -0.1) is 0 Å². The van der Waals surface area contributed by atoms with Gasteiger partial charge in [-0.25, -0.2) is 4.79 Å². The minimum absolute atomic E-state index is 0.0341. The number of carboxylic acids is 1. The highest BCUT2D eigenvalue weighted by atomic mass is 16.4. The molecule has 0 aromatic heterocycles. The van der Waals surface area contributed by atoms with E-state index >= 15 is 0 Å². The molecule has 124 valence electrons. The van der Waals surface area contributed by atoms with E-state index in [1.54, 1.807) is 24.3 Å². The number of primary amides is 1. The fourth-order valence-corrected chi connectivity index (χ4v) is 2.78. The zero-order chi connectivity index (χ0) is 16.8. The van der Waals surface area contributed by atoms with Crippen molar-refractivity contribution in [3.63, 3.8) is 0 Å². The Kier molecular flexibility index (Phi) is 5.56. The number of hydrogen-bond acceptors (Lipinski definition) is 3. The Hall–Kier alpha value is -2.57. The second kappa shape index (κ2) is 7.62. The molecule has 0 atom stereocenters. The number of aliphatic carboxylic acids is 1. The fourth-order valence-electron chi connectivity index (χ4n) is 2.78. The summed E-state index contributed by atoms with van der Waals surface area (Å²) in [6.45, 7) is 0.397. The van der Waals surface area contributed by atoms with Gasteiger partial charge in [0.2, 0.25) is 5.91 Å². The second-order valence-electron chi connectivity index (χ2n) is 5.79. The zero-order valence-electron chi connectivity index (χ0n) is 12.7. The molecule has 1 saturated carbocycles. The van der Waals surface area contributed by atoms with Crippen LogP contribution in [0.25, 0.3) is 0 Å². The second-order valence-corrected chi connectivity index (χ2v) is 5.79. The molecule has 5 N–H and O–H groups in total. The van der Waals surface area contributed by atoms with Crippen molar-refractivity contribution < 1.29 is 19.5 Å². The molecule has 1 aromatic carbocycles. The van der Waals surface area contributed by atoms with Gasteiger partial charge in [0.25, 0.3) is 0 Å². The third-order valence-corrected chi connectivity index (χ3v) is 4.14. The molecule has 23 heavy (non-hydrogen) atoms. The summed E-state index contributed by atoms with van der Waals surface area (Å²) in [6, 6.07) is 6.40. The summed E-state index contributed by atoms with van der Waals surface area (Å²) in [6.07, 6.45) is 2.34. The van der Waals surface area contributed by atoms with Crippen LogP contribution in [-0.2, 0) is 16.1 Å². The lowest BCUT2D eigenvalue weighted by Gasteiger charge is -2.25. The lowest BCUT2D eigenvalue weighted by atomic mass is 9.81. The molecule has 1 aliphatic carbocycles. The number of carboxylic acid groups (broad SMARTS) is 1. The van der Waals surface area contributed by atoms with Crippen LogP contribution in [0, 0.1) is 11.8 Å². The predicted molar refractivity (Wildman–Crippen MR) is 84.6 cm³/mol. The minimum atomic E-state index is -0.770. The Labute approximate surface area is 134 Å². The van der Waals surface area contributed by atoms with Crippen LogP contribution < -0.4 is 16.4 Å². The number of nitrogens with two attached hydrogens (primary N) is 1. The molecule has 0 heterocycles. The average molecular weight is 319 g/mol. The van der Waals surface area contributed by atoms with Gasteiger partial charge in [0.1, 0.15) is 0 Å². The minimum Gasteiger partial charge on any atom is -0.481 e. The van der Waals surface area contributed by atoms with E-state index in [9.17, 15) is 14.4 Å². The van der Waals surface area contributed by atoms with Crippen molar-refractivity contribution in [3.8, 4) is 0 Å². The molecule has 2 rings (SSSR count). The third-order valence-electron chi connectivity index (χ3n) is 4.14. The highest BCUT2D eigenvalue weighted by molar-refractivity contribution is 5.87. The van der Waals surface area contributed by atoms with Crippen molar-refractivity contribution in [1.29, 1.82) is 0 Å². The van der Waals surface area contributed by atoms with E-state index in [1.807, 2.05) is 0 Å². The number of urea groups is 1. The highest BCUT2D eigenvalue weighted by Gasteiger charge is 2.29. The Morgan fingerprint density at radius 3 is 2.13 bits per heavy atom. The third kappa shape index (κ3) is 4.98. The van der Waals surface area contributed by atoms with Gasteiger partial charge in [0.15, 0.2) is 0 Å². The van der Waals surface area contributed by atoms with Crippen LogP contribution in [0.15, 0.2) is 24.3 Å². The van der Waals surface area contributed by atoms with E-state index in [4.69, 9.17) is 10.8 Å². The van der Waals surface area contributed by atoms with Crippen molar-refractivity contribution in [2.24, 2.45) is 17.6 Å². The Bertz CT molecular complexity index is 577. The molecular formula is C16H21N3O4. The maximum Gasteiger partial charge on any atom is 0.316 e. The average Bonchev–Trinajstić information content (AvgIpc) is 2.53. The van der Waals surface area contributed by atoms with Gasteiger partial charge in [-0.1, -0.05) is 12.1 Å². The lowest BCUT2D eigenvalue weighted by Crippen LogP contribution is -2.34. The first-order valence-electron chi connectivity index (χ1n) is 7.61. The predicted octanol–water partition coefficient (Wildman–Crippen LogP) is 1.68. The number of amides is 3. The van der Waals surface area contributed by atoms with Crippen LogP contribution in [0.2, 0.25) is 0 Å². The molecule has 0 aliphatic heterocycles.